The van der Waals surface area contributed by atoms with Gasteiger partial charge in [0.15, 0.2) is 11.6 Å². The van der Waals surface area contributed by atoms with Crippen LogP contribution in [0.2, 0.25) is 0 Å². The maximum absolute atomic E-state index is 12.7. The Hall–Kier alpha value is -2.12. The van der Waals surface area contributed by atoms with Gasteiger partial charge >= 0.3 is 11.7 Å². The molecule has 0 saturated carbocycles. The number of urea groups is 1. The number of amides is 2. The number of nitroso groups, excluding NO2 is 1. The predicted octanol–water partition coefficient (Wildman–Crippen LogP) is 0.207. The van der Waals surface area contributed by atoms with Crippen molar-refractivity contribution in [2.75, 3.05) is 5.32 Å². The van der Waals surface area contributed by atoms with Crippen LogP contribution in [0, 0.1) is 10.7 Å². The van der Waals surface area contributed by atoms with Crippen molar-refractivity contribution < 1.29 is 9.18 Å². The second-order valence-corrected chi connectivity index (χ2v) is 1.93. The molecule has 0 aliphatic heterocycles. The molecule has 1 rings (SSSR count). The first-order valence-corrected chi connectivity index (χ1v) is 3.02. The standard InChI is InChI=1S/C5H3FN4O3/c6-2-1-7-4(11)8-3(2)9-5(12)10-13/h1H,(H2,7,8,9,11,12). The number of carbonyl (C=O) groups excluding carboxylic acids is 1. The van der Waals surface area contributed by atoms with Gasteiger partial charge in [0, 0.05) is 5.18 Å². The second-order valence-electron chi connectivity index (χ2n) is 1.93. The van der Waals surface area contributed by atoms with Gasteiger partial charge < -0.3 is 0 Å². The lowest BCUT2D eigenvalue weighted by molar-refractivity contribution is 0.259. The zero-order valence-electron chi connectivity index (χ0n) is 6.07. The molecule has 1 aromatic heterocycles. The Morgan fingerprint density at radius 2 is 2.38 bits per heavy atom. The molecule has 0 fully saturated rings. The van der Waals surface area contributed by atoms with E-state index < -0.39 is 23.4 Å². The Labute approximate surface area is 70.0 Å². The third-order valence-electron chi connectivity index (χ3n) is 1.08. The SMILES string of the molecule is O=NC(=O)Nc1[nH]c(=O)ncc1F. The monoisotopic (exact) mass is 186 g/mol. The number of aromatic nitrogens is 2. The number of nitrogens with zero attached hydrogens (tertiary/aromatic N) is 2. The van der Waals surface area contributed by atoms with E-state index in [-0.39, 0.29) is 0 Å². The van der Waals surface area contributed by atoms with Crippen LogP contribution in [0.25, 0.3) is 0 Å². The van der Waals surface area contributed by atoms with Crippen LogP contribution in [0.3, 0.4) is 0 Å². The molecule has 0 unspecified atom stereocenters. The van der Waals surface area contributed by atoms with Crippen LogP contribution >= 0.6 is 0 Å². The van der Waals surface area contributed by atoms with Crippen LogP contribution in [0.15, 0.2) is 16.2 Å². The van der Waals surface area contributed by atoms with Crippen molar-refractivity contribution in [1.29, 1.82) is 0 Å². The van der Waals surface area contributed by atoms with Crippen LogP contribution in [0.5, 0.6) is 0 Å². The summed E-state index contributed by atoms with van der Waals surface area (Å²) in [5, 5.41) is 3.66. The van der Waals surface area contributed by atoms with Crippen molar-refractivity contribution in [3.63, 3.8) is 0 Å². The number of rotatable bonds is 1. The van der Waals surface area contributed by atoms with E-state index in [2.05, 4.69) is 4.98 Å². The van der Waals surface area contributed by atoms with Crippen LogP contribution in [0.4, 0.5) is 15.0 Å². The van der Waals surface area contributed by atoms with Gasteiger partial charge in [-0.15, -0.1) is 4.91 Å². The van der Waals surface area contributed by atoms with E-state index >= 15 is 0 Å². The molecule has 1 heterocycles. The molecule has 0 bridgehead atoms. The smallest absolute Gasteiger partial charge is 0.289 e. The van der Waals surface area contributed by atoms with Crippen molar-refractivity contribution in [3.8, 4) is 0 Å². The molecule has 8 heteroatoms. The van der Waals surface area contributed by atoms with Gasteiger partial charge in [-0.1, -0.05) is 0 Å². The summed E-state index contributed by atoms with van der Waals surface area (Å²) in [6.07, 6.45) is 0.610. The molecule has 0 saturated heterocycles. The minimum Gasteiger partial charge on any atom is -0.289 e. The minimum absolute atomic E-state index is 0.537. The number of hydrogen-bond donors (Lipinski definition) is 2. The fraction of sp³-hybridized carbons (Fsp3) is 0. The number of H-pyrrole nitrogens is 1. The van der Waals surface area contributed by atoms with E-state index in [0.717, 1.165) is 0 Å². The summed E-state index contributed by atoms with van der Waals surface area (Å²) in [6.45, 7) is 0. The van der Waals surface area contributed by atoms with E-state index in [1.165, 1.54) is 0 Å². The number of nitrogens with one attached hydrogen (secondary N) is 2. The zero-order valence-corrected chi connectivity index (χ0v) is 6.07. The molecular formula is C5H3FN4O3. The van der Waals surface area contributed by atoms with Crippen LogP contribution in [-0.4, -0.2) is 16.0 Å². The van der Waals surface area contributed by atoms with E-state index in [1.807, 2.05) is 10.2 Å². The van der Waals surface area contributed by atoms with Crippen molar-refractivity contribution in [2.24, 2.45) is 5.18 Å². The normalized spacial score (nSPS) is 9.31. The molecule has 7 nitrogen and oxygen atoms in total. The van der Waals surface area contributed by atoms with Gasteiger partial charge in [0.05, 0.1) is 6.20 Å². The van der Waals surface area contributed by atoms with E-state index in [9.17, 15) is 18.9 Å². The van der Waals surface area contributed by atoms with Gasteiger partial charge in [-0.2, -0.15) is 4.98 Å². The number of carbonyl (C=O) groups is 1. The molecule has 0 aromatic carbocycles. The van der Waals surface area contributed by atoms with Gasteiger partial charge in [0.25, 0.3) is 0 Å². The lowest BCUT2D eigenvalue weighted by Gasteiger charge is -1.98. The Morgan fingerprint density at radius 1 is 1.69 bits per heavy atom. The highest BCUT2D eigenvalue weighted by molar-refractivity contribution is 5.88. The lowest BCUT2D eigenvalue weighted by Crippen LogP contribution is -2.17. The maximum atomic E-state index is 12.7. The van der Waals surface area contributed by atoms with Crippen molar-refractivity contribution >= 4 is 11.8 Å². The largest absolute Gasteiger partial charge is 0.384 e. The van der Waals surface area contributed by atoms with Crippen molar-refractivity contribution in [3.05, 3.63) is 27.4 Å². The fourth-order valence-electron chi connectivity index (χ4n) is 0.599. The van der Waals surface area contributed by atoms with Crippen LogP contribution in [0.1, 0.15) is 0 Å². The van der Waals surface area contributed by atoms with Gasteiger partial charge in [0.1, 0.15) is 0 Å². The lowest BCUT2D eigenvalue weighted by atomic mass is 10.5. The van der Waals surface area contributed by atoms with Crippen LogP contribution in [-0.2, 0) is 0 Å². The predicted molar refractivity (Wildman–Crippen MR) is 39.6 cm³/mol. The molecule has 0 radical (unpaired) electrons. The van der Waals surface area contributed by atoms with Gasteiger partial charge in [-0.25, -0.2) is 14.0 Å². The highest BCUT2D eigenvalue weighted by atomic mass is 19.1. The van der Waals surface area contributed by atoms with Crippen molar-refractivity contribution in [2.45, 2.75) is 0 Å². The van der Waals surface area contributed by atoms with Crippen LogP contribution < -0.4 is 11.0 Å². The molecular weight excluding hydrogens is 183 g/mol. The molecule has 68 valence electrons. The van der Waals surface area contributed by atoms with Gasteiger partial charge in [-0.05, 0) is 0 Å². The summed E-state index contributed by atoms with van der Waals surface area (Å²) in [6, 6.07) is -1.30. The van der Waals surface area contributed by atoms with Gasteiger partial charge in [0.2, 0.25) is 0 Å². The Morgan fingerprint density at radius 3 is 3.00 bits per heavy atom. The molecule has 2 N–H and O–H groups in total. The summed E-state index contributed by atoms with van der Waals surface area (Å²) in [5.74, 6) is -1.50. The fourth-order valence-corrected chi connectivity index (χ4v) is 0.599. The number of hydrogen-bond acceptors (Lipinski definition) is 4. The molecule has 0 aliphatic carbocycles. The Kier molecular flexibility index (Phi) is 2.43. The molecule has 0 aliphatic rings. The third kappa shape index (κ3) is 2.15. The first-order chi connectivity index (χ1) is 6.13. The first-order valence-electron chi connectivity index (χ1n) is 3.02. The molecule has 0 spiro atoms. The van der Waals surface area contributed by atoms with E-state index in [4.69, 9.17) is 0 Å². The summed E-state index contributed by atoms with van der Waals surface area (Å²) in [4.78, 5) is 35.4. The van der Waals surface area contributed by atoms with Crippen molar-refractivity contribution in [1.82, 2.24) is 9.97 Å². The molecule has 2 amide bonds. The quantitative estimate of drug-likeness (QED) is 0.611. The summed E-state index contributed by atoms with van der Waals surface area (Å²) in [5.41, 5.74) is -0.845. The number of aromatic amines is 1. The maximum Gasteiger partial charge on any atom is 0.384 e. The average Bonchev–Trinajstić information content (AvgIpc) is 2.11. The molecule has 0 atom stereocenters. The Bertz CT molecular complexity index is 401. The summed E-state index contributed by atoms with van der Waals surface area (Å²) >= 11 is 0. The molecule has 13 heavy (non-hydrogen) atoms. The highest BCUT2D eigenvalue weighted by Gasteiger charge is 2.07. The first kappa shape index (κ1) is 8.97. The average molecular weight is 186 g/mol. The zero-order chi connectivity index (χ0) is 9.84. The number of anilines is 1. The summed E-state index contributed by atoms with van der Waals surface area (Å²) in [7, 11) is 0. The minimum atomic E-state index is -1.30. The van der Waals surface area contributed by atoms with E-state index in [1.54, 1.807) is 5.32 Å². The Balaban J connectivity index is 3.00. The summed E-state index contributed by atoms with van der Waals surface area (Å²) < 4.78 is 12.7. The van der Waals surface area contributed by atoms with Gasteiger partial charge in [-0.3, -0.25) is 10.3 Å². The molecule has 1 aromatic rings. The second kappa shape index (κ2) is 3.52. The third-order valence-corrected chi connectivity index (χ3v) is 1.08. The van der Waals surface area contributed by atoms with E-state index in [0.29, 0.717) is 6.20 Å². The highest BCUT2D eigenvalue weighted by Crippen LogP contribution is 2.04. The number of halogens is 1. The topological polar surface area (TPSA) is 104 Å².